The Morgan fingerprint density at radius 3 is 2.35 bits per heavy atom. The molecular formula is C33H29N5O2. The SMILES string of the molecule is C[C@H](NCc1ccc(-c2nc3ccnc(-c4cn[nH]c4)c3cc2-c2ccccc2)cc1)[C@H](O)c1ccc(O)cc1. The average Bonchev–Trinajstić information content (AvgIpc) is 3.55. The quantitative estimate of drug-likeness (QED) is 0.186. The van der Waals surface area contributed by atoms with Crippen LogP contribution in [0.5, 0.6) is 5.75 Å². The van der Waals surface area contributed by atoms with Gasteiger partial charge in [-0.15, -0.1) is 0 Å². The first-order valence-electron chi connectivity index (χ1n) is 13.2. The Morgan fingerprint density at radius 2 is 1.62 bits per heavy atom. The van der Waals surface area contributed by atoms with Crippen molar-refractivity contribution in [3.8, 4) is 39.4 Å². The summed E-state index contributed by atoms with van der Waals surface area (Å²) in [5, 5.41) is 31.6. The molecule has 6 rings (SSSR count). The largest absolute Gasteiger partial charge is 0.508 e. The smallest absolute Gasteiger partial charge is 0.115 e. The number of aliphatic hydroxyl groups is 1. The number of pyridine rings is 2. The van der Waals surface area contributed by atoms with Crippen LogP contribution in [0.15, 0.2) is 110 Å². The Bertz CT molecular complexity index is 1720. The number of fused-ring (bicyclic) bond motifs is 1. The first kappa shape index (κ1) is 25.4. The van der Waals surface area contributed by atoms with Crippen molar-refractivity contribution in [1.29, 1.82) is 0 Å². The molecule has 3 heterocycles. The fourth-order valence-corrected chi connectivity index (χ4v) is 4.90. The number of aromatic amines is 1. The minimum atomic E-state index is -0.684. The molecule has 0 amide bonds. The summed E-state index contributed by atoms with van der Waals surface area (Å²) in [6.07, 6.45) is 4.72. The van der Waals surface area contributed by atoms with Crippen LogP contribution in [-0.2, 0) is 6.54 Å². The van der Waals surface area contributed by atoms with Crippen molar-refractivity contribution in [2.24, 2.45) is 0 Å². The third-order valence-corrected chi connectivity index (χ3v) is 7.16. The molecule has 7 heteroatoms. The van der Waals surface area contributed by atoms with Gasteiger partial charge in [0, 0.05) is 47.1 Å². The van der Waals surface area contributed by atoms with Crippen LogP contribution in [0.25, 0.3) is 44.5 Å². The van der Waals surface area contributed by atoms with Crippen LogP contribution in [0.4, 0.5) is 0 Å². The number of aromatic nitrogens is 4. The van der Waals surface area contributed by atoms with Gasteiger partial charge in [-0.05, 0) is 47.9 Å². The van der Waals surface area contributed by atoms with E-state index >= 15 is 0 Å². The van der Waals surface area contributed by atoms with Gasteiger partial charge in [0.1, 0.15) is 5.75 Å². The highest BCUT2D eigenvalue weighted by atomic mass is 16.3. The first-order valence-corrected chi connectivity index (χ1v) is 13.2. The molecule has 0 spiro atoms. The van der Waals surface area contributed by atoms with E-state index in [-0.39, 0.29) is 11.8 Å². The molecule has 0 unspecified atom stereocenters. The van der Waals surface area contributed by atoms with Gasteiger partial charge in [0.2, 0.25) is 0 Å². The van der Waals surface area contributed by atoms with Crippen LogP contribution < -0.4 is 5.32 Å². The Morgan fingerprint density at radius 1 is 0.850 bits per heavy atom. The first-order chi connectivity index (χ1) is 19.6. The zero-order chi connectivity index (χ0) is 27.5. The van der Waals surface area contributed by atoms with Crippen LogP contribution in [0, 0.1) is 0 Å². The Kier molecular flexibility index (Phi) is 7.06. The molecule has 0 saturated carbocycles. The third-order valence-electron chi connectivity index (χ3n) is 7.16. The van der Waals surface area contributed by atoms with Crippen LogP contribution in [-0.4, -0.2) is 36.4 Å². The summed E-state index contributed by atoms with van der Waals surface area (Å²) in [5.74, 6) is 0.183. The van der Waals surface area contributed by atoms with E-state index in [1.165, 1.54) is 0 Å². The molecule has 0 fully saturated rings. The Balaban J connectivity index is 1.29. The van der Waals surface area contributed by atoms with Crippen molar-refractivity contribution in [2.45, 2.75) is 25.6 Å². The lowest BCUT2D eigenvalue weighted by atomic mass is 9.96. The molecule has 0 bridgehead atoms. The number of rotatable bonds is 8. The van der Waals surface area contributed by atoms with Crippen LogP contribution in [0.3, 0.4) is 0 Å². The van der Waals surface area contributed by atoms with E-state index in [0.717, 1.165) is 55.7 Å². The molecule has 0 radical (unpaired) electrons. The number of hydrogen-bond donors (Lipinski definition) is 4. The maximum Gasteiger partial charge on any atom is 0.115 e. The van der Waals surface area contributed by atoms with Crippen molar-refractivity contribution < 1.29 is 10.2 Å². The lowest BCUT2D eigenvalue weighted by Gasteiger charge is -2.21. The van der Waals surface area contributed by atoms with Gasteiger partial charge >= 0.3 is 0 Å². The number of phenolic OH excluding ortho intramolecular Hbond substituents is 1. The number of nitrogens with zero attached hydrogens (tertiary/aromatic N) is 3. The van der Waals surface area contributed by atoms with Gasteiger partial charge in [-0.2, -0.15) is 5.10 Å². The molecule has 4 N–H and O–H groups in total. The average molecular weight is 528 g/mol. The molecule has 0 saturated heterocycles. The van der Waals surface area contributed by atoms with E-state index < -0.39 is 6.10 Å². The Labute approximate surface area is 232 Å². The van der Waals surface area contributed by atoms with Gasteiger partial charge in [0.15, 0.2) is 0 Å². The normalized spacial score (nSPS) is 12.8. The summed E-state index contributed by atoms with van der Waals surface area (Å²) >= 11 is 0. The van der Waals surface area contributed by atoms with E-state index in [1.807, 2.05) is 37.4 Å². The third kappa shape index (κ3) is 5.20. The van der Waals surface area contributed by atoms with Crippen molar-refractivity contribution >= 4 is 10.9 Å². The molecule has 40 heavy (non-hydrogen) atoms. The molecule has 2 atom stereocenters. The lowest BCUT2D eigenvalue weighted by Crippen LogP contribution is -2.31. The van der Waals surface area contributed by atoms with E-state index in [4.69, 9.17) is 4.98 Å². The van der Waals surface area contributed by atoms with Crippen LogP contribution in [0.2, 0.25) is 0 Å². The van der Waals surface area contributed by atoms with Crippen molar-refractivity contribution in [1.82, 2.24) is 25.5 Å². The Hall–Kier alpha value is -4.85. The minimum absolute atomic E-state index is 0.172. The summed E-state index contributed by atoms with van der Waals surface area (Å²) in [4.78, 5) is 9.75. The predicted molar refractivity (Wildman–Crippen MR) is 157 cm³/mol. The predicted octanol–water partition coefficient (Wildman–Crippen LogP) is 6.27. The zero-order valence-corrected chi connectivity index (χ0v) is 22.0. The van der Waals surface area contributed by atoms with Gasteiger partial charge in [-0.25, -0.2) is 4.98 Å². The monoisotopic (exact) mass is 527 g/mol. The maximum absolute atomic E-state index is 10.7. The molecule has 3 aromatic carbocycles. The number of H-pyrrole nitrogens is 1. The second kappa shape index (κ2) is 11.1. The standard InChI is InChI=1S/C33H29N5O2/c1-21(33(40)25-11-13-27(39)14-12-25)35-18-22-7-9-24(10-8-22)32-28(23-5-3-2-4-6-23)17-29-30(38-32)15-16-34-31(29)26-19-36-37-20-26/h2-17,19-21,33,35,39-40H,18H2,1H3,(H,36,37)/t21-,33-/m0/s1. The van der Waals surface area contributed by atoms with Gasteiger partial charge in [-0.1, -0.05) is 66.7 Å². The number of hydrogen-bond acceptors (Lipinski definition) is 6. The van der Waals surface area contributed by atoms with Gasteiger partial charge in [0.25, 0.3) is 0 Å². The summed E-state index contributed by atoms with van der Waals surface area (Å²) in [6, 6.07) is 29.2. The molecule has 0 aliphatic rings. The second-order valence-electron chi connectivity index (χ2n) is 9.87. The van der Waals surface area contributed by atoms with E-state index in [1.54, 1.807) is 36.7 Å². The topological polar surface area (TPSA) is 107 Å². The lowest BCUT2D eigenvalue weighted by molar-refractivity contribution is 0.135. The zero-order valence-electron chi connectivity index (χ0n) is 22.0. The molecule has 3 aromatic heterocycles. The molecule has 0 aliphatic heterocycles. The van der Waals surface area contributed by atoms with E-state index in [2.05, 4.69) is 63.0 Å². The highest BCUT2D eigenvalue weighted by Gasteiger charge is 2.17. The summed E-state index contributed by atoms with van der Waals surface area (Å²) in [5.41, 5.74) is 8.51. The fraction of sp³-hybridized carbons (Fsp3) is 0.121. The van der Waals surface area contributed by atoms with Crippen LogP contribution in [0.1, 0.15) is 24.2 Å². The molecule has 6 aromatic rings. The maximum atomic E-state index is 10.7. The fourth-order valence-electron chi connectivity index (χ4n) is 4.90. The van der Waals surface area contributed by atoms with Crippen molar-refractivity contribution in [3.05, 3.63) is 121 Å². The number of benzene rings is 3. The van der Waals surface area contributed by atoms with Crippen molar-refractivity contribution in [2.75, 3.05) is 0 Å². The summed E-state index contributed by atoms with van der Waals surface area (Å²) < 4.78 is 0. The molecule has 198 valence electrons. The number of aromatic hydroxyl groups is 1. The summed E-state index contributed by atoms with van der Waals surface area (Å²) in [7, 11) is 0. The number of aliphatic hydroxyl groups excluding tert-OH is 1. The van der Waals surface area contributed by atoms with E-state index in [9.17, 15) is 10.2 Å². The molecule has 7 nitrogen and oxygen atoms in total. The number of phenols is 1. The minimum Gasteiger partial charge on any atom is -0.508 e. The summed E-state index contributed by atoms with van der Waals surface area (Å²) in [6.45, 7) is 2.55. The second-order valence-corrected chi connectivity index (χ2v) is 9.87. The highest BCUT2D eigenvalue weighted by Crippen LogP contribution is 2.36. The van der Waals surface area contributed by atoms with Crippen LogP contribution >= 0.6 is 0 Å². The van der Waals surface area contributed by atoms with Gasteiger partial charge in [0.05, 0.1) is 29.2 Å². The van der Waals surface area contributed by atoms with E-state index in [0.29, 0.717) is 6.54 Å². The van der Waals surface area contributed by atoms with Gasteiger partial charge < -0.3 is 15.5 Å². The van der Waals surface area contributed by atoms with Crippen molar-refractivity contribution in [3.63, 3.8) is 0 Å². The molecular weight excluding hydrogens is 498 g/mol. The van der Waals surface area contributed by atoms with Gasteiger partial charge in [-0.3, -0.25) is 10.1 Å². The number of nitrogens with one attached hydrogen (secondary N) is 2. The molecule has 0 aliphatic carbocycles. The highest BCUT2D eigenvalue weighted by molar-refractivity contribution is 5.98.